The normalized spacial score (nSPS) is 18.7. The lowest BCUT2D eigenvalue weighted by Crippen LogP contribution is -2.60. The van der Waals surface area contributed by atoms with E-state index in [0.717, 1.165) is 0 Å². The number of nitrogens with one attached hydrogen (secondary N) is 1. The van der Waals surface area contributed by atoms with Crippen LogP contribution in [-0.4, -0.2) is 64.1 Å². The van der Waals surface area contributed by atoms with Gasteiger partial charge in [-0.1, -0.05) is 6.07 Å². The summed E-state index contributed by atoms with van der Waals surface area (Å²) >= 11 is 0. The number of rotatable bonds is 4. The van der Waals surface area contributed by atoms with Gasteiger partial charge < -0.3 is 20.1 Å². The van der Waals surface area contributed by atoms with Crippen LogP contribution in [0, 0.1) is 5.82 Å². The minimum absolute atomic E-state index is 0.0731. The first kappa shape index (κ1) is 19.7. The second kappa shape index (κ2) is 7.51. The molecule has 2 heterocycles. The van der Waals surface area contributed by atoms with Gasteiger partial charge in [-0.2, -0.15) is 0 Å². The molecule has 3 rings (SSSR count). The van der Waals surface area contributed by atoms with Crippen molar-refractivity contribution in [3.05, 3.63) is 41.8 Å². The number of carboxylic acid groups (broad SMARTS) is 1. The minimum Gasteiger partial charge on any atom is -0.480 e. The Kier molecular flexibility index (Phi) is 5.28. The van der Waals surface area contributed by atoms with Crippen molar-refractivity contribution < 1.29 is 28.6 Å². The second-order valence-electron chi connectivity index (χ2n) is 7.16. The maximum atomic E-state index is 13.2. The Balaban J connectivity index is 1.68. The van der Waals surface area contributed by atoms with Gasteiger partial charge in [-0.3, -0.25) is 9.59 Å². The first-order chi connectivity index (χ1) is 13.2. The third-order valence-electron chi connectivity index (χ3n) is 4.45. The molecule has 0 spiro atoms. The number of benzene rings is 1. The van der Waals surface area contributed by atoms with E-state index in [1.54, 1.807) is 19.9 Å². The van der Waals surface area contributed by atoms with Crippen molar-refractivity contribution >= 4 is 28.7 Å². The van der Waals surface area contributed by atoms with Gasteiger partial charge in [0.25, 0.3) is 5.91 Å². The lowest BCUT2D eigenvalue weighted by molar-refractivity contribution is -0.171. The molecule has 1 saturated heterocycles. The third kappa shape index (κ3) is 4.25. The number of hydrogen-bond donors (Lipinski definition) is 2. The fraction of sp³-hybridized carbons (Fsp3) is 0.368. The van der Waals surface area contributed by atoms with Crippen LogP contribution in [0.15, 0.2) is 30.3 Å². The number of amides is 2. The van der Waals surface area contributed by atoms with E-state index in [2.05, 4.69) is 10.3 Å². The lowest BCUT2D eigenvalue weighted by Gasteiger charge is -2.41. The maximum Gasteiger partial charge on any atom is 0.328 e. The number of pyridine rings is 1. The molecule has 1 aliphatic heterocycles. The fourth-order valence-electron chi connectivity index (χ4n) is 3.00. The number of aromatic nitrogens is 1. The van der Waals surface area contributed by atoms with Crippen molar-refractivity contribution in [2.45, 2.75) is 25.5 Å². The summed E-state index contributed by atoms with van der Waals surface area (Å²) in [5.41, 5.74) is -0.161. The van der Waals surface area contributed by atoms with Crippen LogP contribution in [-0.2, 0) is 14.3 Å². The predicted octanol–water partition coefficient (Wildman–Crippen LogP) is 1.19. The van der Waals surface area contributed by atoms with E-state index in [4.69, 9.17) is 4.74 Å². The number of halogens is 1. The monoisotopic (exact) mass is 389 g/mol. The highest BCUT2D eigenvalue weighted by atomic mass is 19.1. The topological polar surface area (TPSA) is 109 Å². The van der Waals surface area contributed by atoms with Crippen molar-refractivity contribution in [1.29, 1.82) is 0 Å². The van der Waals surface area contributed by atoms with Crippen LogP contribution in [0.2, 0.25) is 0 Å². The molecule has 148 valence electrons. The average Bonchev–Trinajstić information content (AvgIpc) is 2.64. The zero-order chi connectivity index (χ0) is 20.5. The predicted molar refractivity (Wildman–Crippen MR) is 97.2 cm³/mol. The molecule has 2 aromatic rings. The molecule has 1 aliphatic rings. The van der Waals surface area contributed by atoms with Gasteiger partial charge in [-0.15, -0.1) is 0 Å². The smallest absolute Gasteiger partial charge is 0.328 e. The summed E-state index contributed by atoms with van der Waals surface area (Å²) in [6.07, 6.45) is 0. The van der Waals surface area contributed by atoms with Crippen molar-refractivity contribution in [2.24, 2.45) is 0 Å². The number of morpholine rings is 1. The van der Waals surface area contributed by atoms with Crippen molar-refractivity contribution in [1.82, 2.24) is 15.2 Å². The zero-order valence-electron chi connectivity index (χ0n) is 15.4. The molecule has 0 saturated carbocycles. The summed E-state index contributed by atoms with van der Waals surface area (Å²) in [5, 5.41) is 12.3. The molecule has 1 aromatic heterocycles. The number of carbonyl (C=O) groups excluding carboxylic acids is 2. The van der Waals surface area contributed by atoms with E-state index in [9.17, 15) is 23.9 Å². The van der Waals surface area contributed by atoms with Crippen LogP contribution in [0.3, 0.4) is 0 Å². The summed E-state index contributed by atoms with van der Waals surface area (Å²) in [7, 11) is 0. The Hall–Kier alpha value is -3.07. The number of fused-ring (bicyclic) bond motifs is 1. The van der Waals surface area contributed by atoms with Crippen LogP contribution in [0.4, 0.5) is 4.39 Å². The third-order valence-corrected chi connectivity index (χ3v) is 4.45. The number of ether oxygens (including phenoxy) is 1. The van der Waals surface area contributed by atoms with Gasteiger partial charge in [-0.25, -0.2) is 14.2 Å². The molecule has 8 nitrogen and oxygen atoms in total. The highest BCUT2D eigenvalue weighted by Crippen LogP contribution is 2.21. The van der Waals surface area contributed by atoms with E-state index in [1.807, 2.05) is 0 Å². The van der Waals surface area contributed by atoms with Gasteiger partial charge in [-0.05, 0) is 38.1 Å². The molecular weight excluding hydrogens is 369 g/mol. The molecule has 0 aliphatic carbocycles. The first-order valence-electron chi connectivity index (χ1n) is 8.67. The molecule has 0 radical (unpaired) electrons. The van der Waals surface area contributed by atoms with Gasteiger partial charge in [0.15, 0.2) is 6.04 Å². The average molecular weight is 389 g/mol. The van der Waals surface area contributed by atoms with E-state index >= 15 is 0 Å². The molecule has 9 heteroatoms. The number of carbonyl (C=O) groups is 3. The molecule has 0 bridgehead atoms. The Morgan fingerprint density at radius 3 is 2.79 bits per heavy atom. The van der Waals surface area contributed by atoms with Gasteiger partial charge >= 0.3 is 5.97 Å². The Morgan fingerprint density at radius 2 is 2.07 bits per heavy atom. The van der Waals surface area contributed by atoms with Crippen molar-refractivity contribution in [2.75, 3.05) is 19.7 Å². The number of nitrogens with zero attached hydrogens (tertiary/aromatic N) is 2. The van der Waals surface area contributed by atoms with Gasteiger partial charge in [0.1, 0.15) is 11.5 Å². The van der Waals surface area contributed by atoms with Gasteiger partial charge in [0.05, 0.1) is 30.8 Å². The lowest BCUT2D eigenvalue weighted by atomic mass is 10.0. The number of hydrogen-bond acceptors (Lipinski definition) is 5. The first-order valence-corrected chi connectivity index (χ1v) is 8.67. The largest absolute Gasteiger partial charge is 0.480 e. The van der Waals surface area contributed by atoms with Gasteiger partial charge in [0, 0.05) is 5.39 Å². The van der Waals surface area contributed by atoms with Crippen LogP contribution < -0.4 is 5.32 Å². The summed E-state index contributed by atoms with van der Waals surface area (Å²) in [6, 6.07) is 5.89. The van der Waals surface area contributed by atoms with Crippen LogP contribution in [0.5, 0.6) is 0 Å². The fourth-order valence-corrected chi connectivity index (χ4v) is 3.00. The van der Waals surface area contributed by atoms with Gasteiger partial charge in [0.2, 0.25) is 5.91 Å². The Morgan fingerprint density at radius 1 is 1.32 bits per heavy atom. The second-order valence-corrected chi connectivity index (χ2v) is 7.16. The molecular formula is C19H20FN3O5. The van der Waals surface area contributed by atoms with E-state index in [0.29, 0.717) is 10.9 Å². The van der Waals surface area contributed by atoms with E-state index in [1.165, 1.54) is 29.2 Å². The Labute approximate surface area is 160 Å². The zero-order valence-corrected chi connectivity index (χ0v) is 15.4. The van der Waals surface area contributed by atoms with Crippen molar-refractivity contribution in [3.8, 4) is 0 Å². The molecule has 0 unspecified atom stereocenters. The van der Waals surface area contributed by atoms with E-state index in [-0.39, 0.29) is 25.4 Å². The summed E-state index contributed by atoms with van der Waals surface area (Å²) in [4.78, 5) is 41.6. The molecule has 2 amide bonds. The standard InChI is InChI=1S/C19H20FN3O5/c1-19(2)10-23(15(9-28-19)18(26)27)16(24)8-21-17(25)14-5-3-11-7-12(20)4-6-13(11)22-14/h3-7,15H,8-10H2,1-2H3,(H,21,25)(H,26,27)/t15-/m0/s1. The SMILES string of the molecule is CC1(C)CN(C(=O)CNC(=O)c2ccc3cc(F)ccc3n2)[C@H](C(=O)O)CO1. The molecule has 1 aromatic carbocycles. The Bertz CT molecular complexity index is 946. The quantitative estimate of drug-likeness (QED) is 0.813. The molecule has 28 heavy (non-hydrogen) atoms. The van der Waals surface area contributed by atoms with Crippen LogP contribution >= 0.6 is 0 Å². The summed E-state index contributed by atoms with van der Waals surface area (Å²) in [6.45, 7) is 3.11. The number of carboxylic acids is 1. The highest BCUT2D eigenvalue weighted by molar-refractivity contribution is 5.97. The molecule has 2 N–H and O–H groups in total. The summed E-state index contributed by atoms with van der Waals surface area (Å²) in [5.74, 6) is -2.68. The number of aliphatic carboxylic acids is 1. The molecule has 1 atom stereocenters. The minimum atomic E-state index is -1.17. The van der Waals surface area contributed by atoms with Crippen LogP contribution in [0.1, 0.15) is 24.3 Å². The maximum absolute atomic E-state index is 13.2. The summed E-state index contributed by atoms with van der Waals surface area (Å²) < 4.78 is 18.7. The van der Waals surface area contributed by atoms with E-state index < -0.39 is 35.2 Å². The highest BCUT2D eigenvalue weighted by Gasteiger charge is 2.40. The van der Waals surface area contributed by atoms with Crippen LogP contribution in [0.25, 0.3) is 10.9 Å². The van der Waals surface area contributed by atoms with Crippen molar-refractivity contribution in [3.63, 3.8) is 0 Å². The molecule has 1 fully saturated rings.